The van der Waals surface area contributed by atoms with Gasteiger partial charge in [0, 0.05) is 17.7 Å². The highest BCUT2D eigenvalue weighted by Crippen LogP contribution is 2.45. The SMILES string of the molecule is COc1ccc(F)cc1C(C)(C)CC(O)(Cc1cc2nnccc2[nH]1)C(F)(F)F. The van der Waals surface area contributed by atoms with E-state index in [2.05, 4.69) is 15.2 Å². The van der Waals surface area contributed by atoms with E-state index >= 15 is 0 Å². The van der Waals surface area contributed by atoms with E-state index in [0.717, 1.165) is 6.07 Å². The van der Waals surface area contributed by atoms with Crippen molar-refractivity contribution >= 4 is 11.0 Å². The van der Waals surface area contributed by atoms with Crippen LogP contribution >= 0.6 is 0 Å². The molecule has 5 nitrogen and oxygen atoms in total. The van der Waals surface area contributed by atoms with Gasteiger partial charge in [0.05, 0.1) is 18.8 Å². The van der Waals surface area contributed by atoms with E-state index in [1.165, 1.54) is 45.4 Å². The first kappa shape index (κ1) is 21.0. The third kappa shape index (κ3) is 4.19. The zero-order valence-electron chi connectivity index (χ0n) is 16.1. The first-order valence-corrected chi connectivity index (χ1v) is 8.88. The van der Waals surface area contributed by atoms with Crippen molar-refractivity contribution in [2.24, 2.45) is 0 Å². The molecule has 0 aliphatic carbocycles. The third-order valence-electron chi connectivity index (χ3n) is 4.99. The van der Waals surface area contributed by atoms with E-state index in [1.54, 1.807) is 6.07 Å². The number of benzene rings is 1. The molecule has 1 unspecified atom stereocenters. The van der Waals surface area contributed by atoms with Gasteiger partial charge in [0.2, 0.25) is 0 Å². The molecule has 0 saturated heterocycles. The molecule has 0 aliphatic rings. The minimum Gasteiger partial charge on any atom is -0.496 e. The number of rotatable bonds is 6. The molecule has 0 aliphatic heterocycles. The van der Waals surface area contributed by atoms with Gasteiger partial charge in [-0.1, -0.05) is 13.8 Å². The Bertz CT molecular complexity index is 983. The van der Waals surface area contributed by atoms with Crippen LogP contribution in [0.15, 0.2) is 36.5 Å². The molecule has 29 heavy (non-hydrogen) atoms. The number of aliphatic hydroxyl groups is 1. The lowest BCUT2D eigenvalue weighted by Crippen LogP contribution is -2.51. The fraction of sp³-hybridized carbons (Fsp3) is 0.400. The van der Waals surface area contributed by atoms with Crippen LogP contribution in [0.1, 0.15) is 31.5 Å². The highest BCUT2D eigenvalue weighted by Gasteiger charge is 2.56. The van der Waals surface area contributed by atoms with Crippen molar-refractivity contribution in [3.8, 4) is 5.75 Å². The molecule has 0 amide bonds. The topological polar surface area (TPSA) is 71.0 Å². The van der Waals surface area contributed by atoms with Crippen LogP contribution in [0.25, 0.3) is 11.0 Å². The molecule has 9 heteroatoms. The number of aromatic amines is 1. The Morgan fingerprint density at radius 2 is 1.86 bits per heavy atom. The number of ether oxygens (including phenoxy) is 1. The summed E-state index contributed by atoms with van der Waals surface area (Å²) in [5.74, 6) is -0.347. The van der Waals surface area contributed by atoms with Crippen LogP contribution in [0.2, 0.25) is 0 Å². The zero-order valence-corrected chi connectivity index (χ0v) is 16.1. The lowest BCUT2D eigenvalue weighted by atomic mass is 9.73. The Morgan fingerprint density at radius 1 is 1.14 bits per heavy atom. The number of alkyl halides is 3. The Labute approximate surface area is 164 Å². The summed E-state index contributed by atoms with van der Waals surface area (Å²) in [5, 5.41) is 18.3. The number of hydrogen-bond acceptors (Lipinski definition) is 4. The van der Waals surface area contributed by atoms with E-state index in [4.69, 9.17) is 4.74 Å². The van der Waals surface area contributed by atoms with Gasteiger partial charge in [-0.05, 0) is 42.2 Å². The number of aromatic nitrogens is 3. The number of nitrogens with one attached hydrogen (secondary N) is 1. The first-order chi connectivity index (χ1) is 13.4. The van der Waals surface area contributed by atoms with E-state index in [-0.39, 0.29) is 17.0 Å². The van der Waals surface area contributed by atoms with E-state index in [9.17, 15) is 22.7 Å². The molecule has 0 spiro atoms. The number of hydrogen-bond donors (Lipinski definition) is 2. The Morgan fingerprint density at radius 3 is 2.48 bits per heavy atom. The Balaban J connectivity index is 1.99. The van der Waals surface area contributed by atoms with Crippen molar-refractivity contribution in [3.63, 3.8) is 0 Å². The fourth-order valence-electron chi connectivity index (χ4n) is 3.64. The molecular formula is C20H21F4N3O2. The van der Waals surface area contributed by atoms with Crippen molar-refractivity contribution in [1.82, 2.24) is 15.2 Å². The normalized spacial score (nSPS) is 14.8. The minimum absolute atomic E-state index is 0.169. The van der Waals surface area contributed by atoms with Gasteiger partial charge in [-0.15, -0.1) is 5.10 Å². The third-order valence-corrected chi connectivity index (χ3v) is 4.99. The van der Waals surface area contributed by atoms with Gasteiger partial charge in [-0.25, -0.2) is 4.39 Å². The average Bonchev–Trinajstić information content (AvgIpc) is 3.02. The summed E-state index contributed by atoms with van der Waals surface area (Å²) in [7, 11) is 1.36. The summed E-state index contributed by atoms with van der Waals surface area (Å²) in [4.78, 5) is 2.83. The van der Waals surface area contributed by atoms with Crippen molar-refractivity contribution in [2.75, 3.05) is 7.11 Å². The maximum atomic E-state index is 14.0. The molecule has 3 aromatic rings. The Kier molecular flexibility index (Phi) is 5.29. The smallest absolute Gasteiger partial charge is 0.417 e. The molecule has 0 radical (unpaired) electrons. The summed E-state index contributed by atoms with van der Waals surface area (Å²) in [5.41, 5.74) is -2.98. The molecule has 2 N–H and O–H groups in total. The highest BCUT2D eigenvalue weighted by molar-refractivity contribution is 5.74. The molecule has 0 saturated carbocycles. The van der Waals surface area contributed by atoms with Crippen LogP contribution in [0.3, 0.4) is 0 Å². The second-order valence-electron chi connectivity index (χ2n) is 7.74. The largest absolute Gasteiger partial charge is 0.496 e. The Hall–Kier alpha value is -2.68. The maximum Gasteiger partial charge on any atom is 0.417 e. The monoisotopic (exact) mass is 411 g/mol. The predicted molar refractivity (Wildman–Crippen MR) is 99.2 cm³/mol. The zero-order chi connectivity index (χ0) is 21.4. The summed E-state index contributed by atoms with van der Waals surface area (Å²) < 4.78 is 60.8. The van der Waals surface area contributed by atoms with Crippen molar-refractivity contribution in [3.05, 3.63) is 53.6 Å². The van der Waals surface area contributed by atoms with Gasteiger partial charge >= 0.3 is 6.18 Å². The van der Waals surface area contributed by atoms with Crippen LogP contribution in [0, 0.1) is 5.82 Å². The van der Waals surface area contributed by atoms with Crippen LogP contribution in [-0.2, 0) is 11.8 Å². The van der Waals surface area contributed by atoms with Gasteiger partial charge < -0.3 is 14.8 Å². The van der Waals surface area contributed by atoms with E-state index < -0.39 is 35.9 Å². The summed E-state index contributed by atoms with van der Waals surface area (Å²) in [6.45, 7) is 3.02. The summed E-state index contributed by atoms with van der Waals surface area (Å²) >= 11 is 0. The quantitative estimate of drug-likeness (QED) is 0.593. The van der Waals surface area contributed by atoms with Crippen LogP contribution in [0.4, 0.5) is 17.6 Å². The molecule has 1 atom stereocenters. The second-order valence-corrected chi connectivity index (χ2v) is 7.74. The van der Waals surface area contributed by atoms with Crippen LogP contribution in [0.5, 0.6) is 5.75 Å². The minimum atomic E-state index is -4.92. The average molecular weight is 411 g/mol. The fourth-order valence-corrected chi connectivity index (χ4v) is 3.64. The number of H-pyrrole nitrogens is 1. The predicted octanol–water partition coefficient (Wildman–Crippen LogP) is 4.31. The maximum absolute atomic E-state index is 14.0. The number of fused-ring (bicyclic) bond motifs is 1. The van der Waals surface area contributed by atoms with Crippen molar-refractivity contribution in [1.29, 1.82) is 0 Å². The van der Waals surface area contributed by atoms with E-state index in [0.29, 0.717) is 11.0 Å². The van der Waals surface area contributed by atoms with Gasteiger partial charge in [0.15, 0.2) is 5.60 Å². The highest BCUT2D eigenvalue weighted by atomic mass is 19.4. The molecule has 1 aromatic carbocycles. The van der Waals surface area contributed by atoms with Gasteiger partial charge in [-0.3, -0.25) is 0 Å². The van der Waals surface area contributed by atoms with Crippen LogP contribution < -0.4 is 4.74 Å². The number of halogens is 4. The standard InChI is InChI=1S/C20H21F4N3O2/c1-18(2,14-8-12(21)4-5-17(14)29-3)11-19(28,20(22,23)24)10-13-9-16-15(26-13)6-7-25-27-16/h4-9,26,28H,10-11H2,1-3H3. The molecule has 0 bridgehead atoms. The lowest BCUT2D eigenvalue weighted by Gasteiger charge is -2.38. The lowest BCUT2D eigenvalue weighted by molar-refractivity contribution is -0.266. The van der Waals surface area contributed by atoms with Gasteiger partial charge in [0.1, 0.15) is 17.1 Å². The van der Waals surface area contributed by atoms with Gasteiger partial charge in [-0.2, -0.15) is 18.3 Å². The first-order valence-electron chi connectivity index (χ1n) is 8.88. The molecule has 156 valence electrons. The molecule has 2 heterocycles. The molecule has 3 rings (SSSR count). The molecular weight excluding hydrogens is 390 g/mol. The summed E-state index contributed by atoms with van der Waals surface area (Å²) in [6.07, 6.45) is -4.93. The summed E-state index contributed by atoms with van der Waals surface area (Å²) in [6, 6.07) is 6.66. The van der Waals surface area contributed by atoms with E-state index in [1.807, 2.05) is 0 Å². The van der Waals surface area contributed by atoms with Crippen LogP contribution in [-0.4, -0.2) is 39.2 Å². The van der Waals surface area contributed by atoms with Gasteiger partial charge in [0.25, 0.3) is 0 Å². The van der Waals surface area contributed by atoms with Crippen molar-refractivity contribution < 1.29 is 27.4 Å². The second kappa shape index (κ2) is 7.29. The molecule has 2 aromatic heterocycles. The van der Waals surface area contributed by atoms with Crippen molar-refractivity contribution in [2.45, 2.75) is 43.9 Å². The number of nitrogens with zero attached hydrogens (tertiary/aromatic N) is 2. The molecule has 0 fully saturated rings. The number of methoxy groups -OCH3 is 1.